The van der Waals surface area contributed by atoms with Gasteiger partial charge < -0.3 is 23.7 Å². The van der Waals surface area contributed by atoms with Crippen molar-refractivity contribution in [3.63, 3.8) is 0 Å². The number of benzene rings is 3. The van der Waals surface area contributed by atoms with Crippen molar-refractivity contribution in [2.75, 3.05) is 27.4 Å². The highest BCUT2D eigenvalue weighted by molar-refractivity contribution is 9.10. The van der Waals surface area contributed by atoms with E-state index in [0.29, 0.717) is 72.8 Å². The van der Waals surface area contributed by atoms with Gasteiger partial charge in [-0.1, -0.05) is 41.1 Å². The van der Waals surface area contributed by atoms with E-state index in [4.69, 9.17) is 35.3 Å². The largest absolute Gasteiger partial charge is 0.493 e. The smallest absolute Gasteiger partial charge is 0.337 e. The molecular weight excluding hydrogens is 684 g/mol. The third-order valence-electron chi connectivity index (χ3n) is 6.85. The number of carbonyl (C=O) groups excluding carboxylic acids is 1. The van der Waals surface area contributed by atoms with Crippen molar-refractivity contribution in [1.82, 2.24) is 4.57 Å². The molecule has 1 aromatic heterocycles. The third kappa shape index (κ3) is 6.95. The number of nitrogens with zero attached hydrogens (tertiary/aromatic N) is 2. The van der Waals surface area contributed by atoms with Gasteiger partial charge in [0.1, 0.15) is 6.61 Å². The number of carbonyl (C=O) groups is 1. The number of methoxy groups -OCH3 is 2. The van der Waals surface area contributed by atoms with Crippen molar-refractivity contribution >= 4 is 50.9 Å². The number of hydrogen-bond donors (Lipinski definition) is 0. The zero-order valence-corrected chi connectivity index (χ0v) is 28.1. The third-order valence-corrected chi connectivity index (χ3v) is 8.69. The molecule has 9 nitrogen and oxygen atoms in total. The summed E-state index contributed by atoms with van der Waals surface area (Å²) in [5, 5.41) is 0.648. The van der Waals surface area contributed by atoms with E-state index in [1.54, 1.807) is 43.5 Å². The summed E-state index contributed by atoms with van der Waals surface area (Å²) in [6, 6.07) is 15.6. The molecule has 0 radical (unpaired) electrons. The standard InChI is InChI=1S/C33H30BrClN2O7S/c1-5-42-25-12-9-21(16-26(25)43-6-2)29-23(32(39)41-4)17-36-33-37(29)31(38)28(45-33)15-20-13-24(34)30(27(14-20)40-3)44-18-19-7-10-22(35)11-8-19/h7-17,29H,5-6,18H2,1-4H3/b28-15-/t29-/m1/s1. The van der Waals surface area contributed by atoms with Crippen molar-refractivity contribution in [1.29, 1.82) is 0 Å². The molecule has 0 amide bonds. The quantitative estimate of drug-likeness (QED) is 0.181. The highest BCUT2D eigenvalue weighted by atomic mass is 79.9. The van der Waals surface area contributed by atoms with Crippen LogP contribution in [0, 0.1) is 0 Å². The molecule has 0 unspecified atom stereocenters. The number of fused-ring (bicyclic) bond motifs is 1. The Hall–Kier alpha value is -4.06. The minimum absolute atomic E-state index is 0.217. The fourth-order valence-corrected chi connectivity index (χ4v) is 6.51. The van der Waals surface area contributed by atoms with Crippen LogP contribution in [0.5, 0.6) is 23.0 Å². The molecule has 1 atom stereocenters. The maximum absolute atomic E-state index is 14.0. The van der Waals surface area contributed by atoms with E-state index in [-0.39, 0.29) is 11.1 Å². The van der Waals surface area contributed by atoms with Crippen molar-refractivity contribution < 1.29 is 28.5 Å². The maximum Gasteiger partial charge on any atom is 0.337 e. The summed E-state index contributed by atoms with van der Waals surface area (Å²) in [5.74, 6) is 1.50. The predicted molar refractivity (Wildman–Crippen MR) is 176 cm³/mol. The summed E-state index contributed by atoms with van der Waals surface area (Å²) in [6.45, 7) is 4.93. The van der Waals surface area contributed by atoms with E-state index >= 15 is 0 Å². The molecular formula is C33H30BrClN2O7S. The van der Waals surface area contributed by atoms with Crippen LogP contribution in [0.4, 0.5) is 0 Å². The lowest BCUT2D eigenvalue weighted by Gasteiger charge is -2.23. The van der Waals surface area contributed by atoms with Crippen LogP contribution in [0.2, 0.25) is 5.02 Å². The zero-order chi connectivity index (χ0) is 32.1. The van der Waals surface area contributed by atoms with Crippen LogP contribution >= 0.6 is 38.9 Å². The molecule has 1 aliphatic heterocycles. The molecule has 0 bridgehead atoms. The molecule has 3 aromatic carbocycles. The number of aromatic nitrogens is 1. The molecule has 12 heteroatoms. The van der Waals surface area contributed by atoms with E-state index in [1.165, 1.54) is 29.2 Å². The number of ether oxygens (including phenoxy) is 5. The minimum Gasteiger partial charge on any atom is -0.493 e. The van der Waals surface area contributed by atoms with Crippen molar-refractivity contribution in [3.8, 4) is 23.0 Å². The second-order valence-corrected chi connectivity index (χ2v) is 12.0. The van der Waals surface area contributed by atoms with Gasteiger partial charge in [-0.2, -0.15) is 0 Å². The van der Waals surface area contributed by atoms with Crippen molar-refractivity contribution in [2.45, 2.75) is 26.5 Å². The number of halogens is 2. The molecule has 0 fully saturated rings. The lowest BCUT2D eigenvalue weighted by Crippen LogP contribution is -2.39. The Morgan fingerprint density at radius 3 is 2.42 bits per heavy atom. The lowest BCUT2D eigenvalue weighted by molar-refractivity contribution is -0.136. The summed E-state index contributed by atoms with van der Waals surface area (Å²) < 4.78 is 30.9. The minimum atomic E-state index is -0.796. The summed E-state index contributed by atoms with van der Waals surface area (Å²) in [5.41, 5.74) is 2.19. The van der Waals surface area contributed by atoms with Gasteiger partial charge in [0.15, 0.2) is 27.8 Å². The van der Waals surface area contributed by atoms with Crippen LogP contribution in [0.15, 0.2) is 80.6 Å². The summed E-state index contributed by atoms with van der Waals surface area (Å²) in [7, 11) is 2.85. The van der Waals surface area contributed by atoms with Gasteiger partial charge in [0.05, 0.1) is 48.1 Å². The van der Waals surface area contributed by atoms with Gasteiger partial charge in [0.2, 0.25) is 0 Å². The van der Waals surface area contributed by atoms with Crippen LogP contribution < -0.4 is 33.8 Å². The molecule has 45 heavy (non-hydrogen) atoms. The molecule has 0 saturated heterocycles. The molecule has 0 aliphatic carbocycles. The molecule has 234 valence electrons. The Bertz CT molecular complexity index is 1940. The molecule has 0 N–H and O–H groups in total. The predicted octanol–water partition coefficient (Wildman–Crippen LogP) is 5.82. The number of esters is 1. The van der Waals surface area contributed by atoms with Crippen LogP contribution in [-0.4, -0.2) is 38.0 Å². The first-order valence-electron chi connectivity index (χ1n) is 14.0. The summed E-state index contributed by atoms with van der Waals surface area (Å²) in [6.07, 6.45) is 3.21. The first kappa shape index (κ1) is 32.3. The Morgan fingerprint density at radius 1 is 1.00 bits per heavy atom. The van der Waals surface area contributed by atoms with Gasteiger partial charge in [0.25, 0.3) is 5.56 Å². The molecule has 4 aromatic rings. The Morgan fingerprint density at radius 2 is 1.73 bits per heavy atom. The second kappa shape index (κ2) is 14.4. The van der Waals surface area contributed by atoms with Crippen LogP contribution in [0.1, 0.15) is 36.6 Å². The Labute approximate surface area is 277 Å². The van der Waals surface area contributed by atoms with E-state index in [2.05, 4.69) is 20.9 Å². The topological polar surface area (TPSA) is 97.6 Å². The molecule has 0 spiro atoms. The van der Waals surface area contributed by atoms with Gasteiger partial charge >= 0.3 is 5.97 Å². The lowest BCUT2D eigenvalue weighted by atomic mass is 9.97. The number of rotatable bonds is 11. The fraction of sp³-hybridized carbons (Fsp3) is 0.242. The van der Waals surface area contributed by atoms with Crippen LogP contribution in [0.25, 0.3) is 6.08 Å². The van der Waals surface area contributed by atoms with Gasteiger partial charge in [0, 0.05) is 11.2 Å². The number of hydrogen-bond acceptors (Lipinski definition) is 9. The van der Waals surface area contributed by atoms with E-state index in [1.807, 2.05) is 38.1 Å². The van der Waals surface area contributed by atoms with Gasteiger partial charge in [-0.05, 0) is 88.9 Å². The second-order valence-electron chi connectivity index (χ2n) is 9.70. The fourth-order valence-electron chi connectivity index (χ4n) is 4.84. The number of thiazole rings is 1. The Balaban J connectivity index is 1.56. The normalized spacial score (nSPS) is 14.2. The SMILES string of the molecule is CCOc1ccc([C@@H]2C(C(=O)OC)=CN=c3s/c(=C\c4cc(Br)c(OCc5ccc(Cl)cc5)c(OC)c4)c(=O)n32)cc1OCC. The Kier molecular flexibility index (Phi) is 10.3. The molecule has 1 aliphatic rings. The van der Waals surface area contributed by atoms with E-state index < -0.39 is 12.0 Å². The van der Waals surface area contributed by atoms with Crippen LogP contribution in [-0.2, 0) is 16.1 Å². The average molecular weight is 714 g/mol. The monoisotopic (exact) mass is 712 g/mol. The highest BCUT2D eigenvalue weighted by Crippen LogP contribution is 2.38. The molecule has 5 rings (SSSR count). The summed E-state index contributed by atoms with van der Waals surface area (Å²) >= 11 is 10.8. The highest BCUT2D eigenvalue weighted by Gasteiger charge is 2.31. The zero-order valence-electron chi connectivity index (χ0n) is 25.0. The van der Waals surface area contributed by atoms with Crippen molar-refractivity contribution in [2.24, 2.45) is 4.99 Å². The maximum atomic E-state index is 14.0. The first-order valence-corrected chi connectivity index (χ1v) is 16.0. The van der Waals surface area contributed by atoms with Gasteiger partial charge in [-0.25, -0.2) is 9.79 Å². The van der Waals surface area contributed by atoms with Gasteiger partial charge in [-0.3, -0.25) is 9.36 Å². The summed E-state index contributed by atoms with van der Waals surface area (Å²) in [4.78, 5) is 31.8. The molecule has 0 saturated carbocycles. The molecule has 2 heterocycles. The van der Waals surface area contributed by atoms with Crippen molar-refractivity contribution in [3.05, 3.63) is 112 Å². The van der Waals surface area contributed by atoms with E-state index in [0.717, 1.165) is 5.56 Å². The van der Waals surface area contributed by atoms with Crippen LogP contribution in [0.3, 0.4) is 0 Å². The van der Waals surface area contributed by atoms with Gasteiger partial charge in [-0.15, -0.1) is 0 Å². The first-order chi connectivity index (χ1) is 21.8. The average Bonchev–Trinajstić information content (AvgIpc) is 3.35. The van der Waals surface area contributed by atoms with E-state index in [9.17, 15) is 9.59 Å².